The molecule has 0 unspecified atom stereocenters. The van der Waals surface area contributed by atoms with Crippen molar-refractivity contribution < 1.29 is 0 Å². The number of nitrogens with zero attached hydrogens (tertiary/aromatic N) is 2. The van der Waals surface area contributed by atoms with Gasteiger partial charge in [-0.3, -0.25) is 0 Å². The largest absolute Gasteiger partial charge is 0.313 e. The third-order valence-corrected chi connectivity index (χ3v) is 16.1. The molecule has 0 saturated carbocycles. The second kappa shape index (κ2) is 15.1. The predicted octanol–water partition coefficient (Wildman–Crippen LogP) is 18.5. The zero-order chi connectivity index (χ0) is 47.0. The Kier molecular flexibility index (Phi) is 8.57. The van der Waals surface area contributed by atoms with Crippen LogP contribution in [0.1, 0.15) is 42.7 Å². The lowest BCUT2D eigenvalue weighted by molar-refractivity contribution is 0.660. The van der Waals surface area contributed by atoms with Crippen LogP contribution in [0.15, 0.2) is 224 Å². The maximum atomic E-state index is 2.55. The number of hydrogen-bond acceptors (Lipinski definition) is 0. The van der Waals surface area contributed by atoms with Crippen molar-refractivity contribution in [1.82, 2.24) is 9.13 Å². The quantitative estimate of drug-likeness (QED) is 0.152. The van der Waals surface area contributed by atoms with Gasteiger partial charge < -0.3 is 9.13 Å². The number of benzene rings is 11. The van der Waals surface area contributed by atoms with Crippen molar-refractivity contribution in [2.45, 2.75) is 32.1 Å². The van der Waals surface area contributed by atoms with Crippen LogP contribution in [-0.4, -0.2) is 9.13 Å². The summed E-state index contributed by atoms with van der Waals surface area (Å²) in [5.74, 6) is 0. The normalized spacial score (nSPS) is 13.7. The fraction of sp³-hybridized carbons (Fsp3) is 0.0725. The van der Waals surface area contributed by atoms with E-state index in [0.29, 0.717) is 0 Å². The summed E-state index contributed by atoms with van der Waals surface area (Å²) in [7, 11) is 0. The molecule has 0 N–H and O–H groups in total. The topological polar surface area (TPSA) is 9.86 Å². The molecule has 0 saturated heterocycles. The standard InChI is InChI=1S/C69H48N2/c1-69(2)61-23-11-6-18-51(61)52-35-32-48(40-62(52)69)68-58-37-34-49(70-63-24-12-7-19-53(63)54-20-8-13-25-64(54)70)41-59(58)67(47-31-30-45-38-44(28-29-46(45)39-47)43-16-4-3-5-17-43)57-36-33-50(42-60(57)68)71-65-26-14-9-21-55(65)56-22-10-15-27-66(56)71/h3-12,14-24,26-42H,13,25H2,1-2H3. The Morgan fingerprint density at radius 3 is 1.61 bits per heavy atom. The van der Waals surface area contributed by atoms with Gasteiger partial charge in [-0.15, -0.1) is 0 Å². The van der Waals surface area contributed by atoms with Crippen molar-refractivity contribution in [3.63, 3.8) is 0 Å². The first-order valence-corrected chi connectivity index (χ1v) is 25.1. The fourth-order valence-electron chi connectivity index (χ4n) is 12.8. The molecule has 11 aromatic carbocycles. The van der Waals surface area contributed by atoms with Crippen molar-refractivity contribution >= 4 is 71.1 Å². The third-order valence-electron chi connectivity index (χ3n) is 16.1. The Morgan fingerprint density at radius 2 is 0.901 bits per heavy atom. The minimum absolute atomic E-state index is 0.150. The molecule has 334 valence electrons. The van der Waals surface area contributed by atoms with Crippen molar-refractivity contribution in [3.8, 4) is 55.9 Å². The summed E-state index contributed by atoms with van der Waals surface area (Å²) in [6.07, 6.45) is 6.72. The zero-order valence-corrected chi connectivity index (χ0v) is 39.7. The third kappa shape index (κ3) is 5.89. The summed E-state index contributed by atoms with van der Waals surface area (Å²) in [4.78, 5) is 0. The van der Waals surface area contributed by atoms with Crippen LogP contribution >= 0.6 is 0 Å². The van der Waals surface area contributed by atoms with E-state index in [9.17, 15) is 0 Å². The molecule has 0 spiro atoms. The van der Waals surface area contributed by atoms with Crippen LogP contribution in [0.5, 0.6) is 0 Å². The number of rotatable bonds is 5. The molecular weight excluding hydrogens is 857 g/mol. The Bertz CT molecular complexity index is 4370. The van der Waals surface area contributed by atoms with E-state index < -0.39 is 0 Å². The van der Waals surface area contributed by atoms with Crippen LogP contribution in [0.25, 0.3) is 127 Å². The minimum atomic E-state index is -0.150. The highest BCUT2D eigenvalue weighted by atomic mass is 15.0. The average molecular weight is 905 g/mol. The van der Waals surface area contributed by atoms with Gasteiger partial charge >= 0.3 is 0 Å². The maximum Gasteiger partial charge on any atom is 0.0541 e. The van der Waals surface area contributed by atoms with Gasteiger partial charge in [-0.25, -0.2) is 0 Å². The molecule has 0 amide bonds. The summed E-state index contributed by atoms with van der Waals surface area (Å²) < 4.78 is 5.02. The molecule has 2 aliphatic rings. The molecule has 15 rings (SSSR count). The Balaban J connectivity index is 1.06. The van der Waals surface area contributed by atoms with Gasteiger partial charge in [0.05, 0.1) is 16.6 Å². The molecule has 2 heteroatoms. The number of para-hydroxylation sites is 3. The van der Waals surface area contributed by atoms with Crippen LogP contribution in [0.4, 0.5) is 0 Å². The Labute approximate surface area is 413 Å². The number of hydrogen-bond donors (Lipinski definition) is 0. The van der Waals surface area contributed by atoms with E-state index in [1.54, 1.807) is 0 Å². The van der Waals surface area contributed by atoms with Gasteiger partial charge in [-0.2, -0.15) is 0 Å². The van der Waals surface area contributed by atoms with Crippen molar-refractivity contribution in [3.05, 3.63) is 247 Å². The predicted molar refractivity (Wildman–Crippen MR) is 301 cm³/mol. The molecule has 2 nitrogen and oxygen atoms in total. The lowest BCUT2D eigenvalue weighted by atomic mass is 9.80. The summed E-state index contributed by atoms with van der Waals surface area (Å²) in [5, 5.41) is 11.3. The van der Waals surface area contributed by atoms with E-state index in [-0.39, 0.29) is 5.41 Å². The zero-order valence-electron chi connectivity index (χ0n) is 39.7. The van der Waals surface area contributed by atoms with Crippen molar-refractivity contribution in [2.75, 3.05) is 0 Å². The molecule has 0 atom stereocenters. The Hall–Kier alpha value is -8.72. The van der Waals surface area contributed by atoms with Crippen LogP contribution in [0.3, 0.4) is 0 Å². The second-order valence-electron chi connectivity index (χ2n) is 20.3. The van der Waals surface area contributed by atoms with Gasteiger partial charge in [-0.05, 0) is 161 Å². The van der Waals surface area contributed by atoms with E-state index in [1.807, 2.05) is 0 Å². The van der Waals surface area contributed by atoms with Crippen molar-refractivity contribution in [1.29, 1.82) is 0 Å². The SMILES string of the molecule is CC1(C)c2ccccc2-c2ccc(-c3c4ccc(-n5c6c(c7ccccc75)C=CCC6)cc4c(-c4ccc5cc(-c6ccccc6)ccc5c4)c4ccc(-n5c6ccccc6c6ccccc65)cc34)cc21. The van der Waals surface area contributed by atoms with E-state index >= 15 is 0 Å². The molecule has 0 bridgehead atoms. The molecular formula is C69H48N2. The van der Waals surface area contributed by atoms with Gasteiger partial charge in [0.25, 0.3) is 0 Å². The minimum Gasteiger partial charge on any atom is -0.313 e. The van der Waals surface area contributed by atoms with Gasteiger partial charge in [0.1, 0.15) is 0 Å². The maximum absolute atomic E-state index is 2.55. The van der Waals surface area contributed by atoms with Gasteiger partial charge in [0.2, 0.25) is 0 Å². The molecule has 71 heavy (non-hydrogen) atoms. The highest BCUT2D eigenvalue weighted by Gasteiger charge is 2.35. The summed E-state index contributed by atoms with van der Waals surface area (Å²) in [6, 6.07) is 82.4. The highest BCUT2D eigenvalue weighted by molar-refractivity contribution is 6.23. The first-order chi connectivity index (χ1) is 35.0. The molecule has 0 radical (unpaired) electrons. The molecule has 2 aliphatic carbocycles. The summed E-state index contributed by atoms with van der Waals surface area (Å²) >= 11 is 0. The van der Waals surface area contributed by atoms with E-state index in [2.05, 4.69) is 254 Å². The highest BCUT2D eigenvalue weighted by Crippen LogP contribution is 2.52. The molecule has 2 heterocycles. The van der Waals surface area contributed by atoms with Crippen molar-refractivity contribution in [2.24, 2.45) is 0 Å². The van der Waals surface area contributed by atoms with E-state index in [1.165, 1.54) is 138 Å². The smallest absolute Gasteiger partial charge is 0.0541 e. The number of aromatic nitrogens is 2. The number of fused-ring (bicyclic) bond motifs is 12. The van der Waals surface area contributed by atoms with E-state index in [0.717, 1.165) is 18.5 Å². The van der Waals surface area contributed by atoms with Crippen LogP contribution < -0.4 is 0 Å². The summed E-state index contributed by atoms with van der Waals surface area (Å²) in [6.45, 7) is 4.79. The second-order valence-corrected chi connectivity index (χ2v) is 20.3. The monoisotopic (exact) mass is 904 g/mol. The van der Waals surface area contributed by atoms with Crippen LogP contribution in [0, 0.1) is 0 Å². The van der Waals surface area contributed by atoms with Gasteiger partial charge in [-0.1, -0.05) is 184 Å². The van der Waals surface area contributed by atoms with Crippen LogP contribution in [-0.2, 0) is 11.8 Å². The van der Waals surface area contributed by atoms with Crippen LogP contribution in [0.2, 0.25) is 0 Å². The molecule has 0 aliphatic heterocycles. The first kappa shape index (κ1) is 40.2. The first-order valence-electron chi connectivity index (χ1n) is 25.1. The number of allylic oxidation sites excluding steroid dienone is 1. The average Bonchev–Trinajstić information content (AvgIpc) is 4.03. The van der Waals surface area contributed by atoms with Gasteiger partial charge in [0, 0.05) is 44.2 Å². The lowest BCUT2D eigenvalue weighted by Gasteiger charge is -2.24. The lowest BCUT2D eigenvalue weighted by Crippen LogP contribution is -2.14. The molecule has 13 aromatic rings. The fourth-order valence-corrected chi connectivity index (χ4v) is 12.8. The van der Waals surface area contributed by atoms with E-state index in [4.69, 9.17) is 0 Å². The summed E-state index contributed by atoms with van der Waals surface area (Å²) in [5.41, 5.74) is 21.4. The van der Waals surface area contributed by atoms with Gasteiger partial charge in [0.15, 0.2) is 0 Å². The molecule has 0 fully saturated rings. The Morgan fingerprint density at radius 1 is 0.366 bits per heavy atom. The molecule has 2 aromatic heterocycles.